The summed E-state index contributed by atoms with van der Waals surface area (Å²) in [5.74, 6) is -1.80. The Hall–Kier alpha value is -2.11. The molecule has 0 radical (unpaired) electrons. The van der Waals surface area contributed by atoms with E-state index in [1.54, 1.807) is 12.1 Å². The fourth-order valence-electron chi connectivity index (χ4n) is 3.68. The van der Waals surface area contributed by atoms with Gasteiger partial charge in [-0.15, -0.1) is 0 Å². The molecule has 3 rings (SSSR count). The fraction of sp³-hybridized carbons (Fsp3) is 0.562. The van der Waals surface area contributed by atoms with Gasteiger partial charge in [-0.1, -0.05) is 6.92 Å². The third-order valence-electron chi connectivity index (χ3n) is 4.77. The zero-order chi connectivity index (χ0) is 15.9. The van der Waals surface area contributed by atoms with Gasteiger partial charge in [0.15, 0.2) is 0 Å². The molecule has 118 valence electrons. The first-order chi connectivity index (χ1) is 10.5. The van der Waals surface area contributed by atoms with Crippen molar-refractivity contribution in [3.63, 3.8) is 0 Å². The van der Waals surface area contributed by atoms with Crippen molar-refractivity contribution in [1.82, 2.24) is 4.90 Å². The number of carbonyl (C=O) groups excluding carboxylic acids is 3. The van der Waals surface area contributed by atoms with Gasteiger partial charge in [0, 0.05) is 12.4 Å². The SMILES string of the molecule is C[C@@H]1CC[C@@H]2C(=O)N([C@@H](CC(=O)[O-])c3ccco3)C(=O)[C@@H]2C1. The van der Waals surface area contributed by atoms with Crippen molar-refractivity contribution in [2.45, 2.75) is 38.6 Å². The second-order valence-electron chi connectivity index (χ2n) is 6.29. The van der Waals surface area contributed by atoms with E-state index in [0.717, 1.165) is 11.3 Å². The highest BCUT2D eigenvalue weighted by molar-refractivity contribution is 6.05. The summed E-state index contributed by atoms with van der Waals surface area (Å²) in [4.78, 5) is 37.4. The van der Waals surface area contributed by atoms with E-state index in [1.807, 2.05) is 0 Å². The number of fused-ring (bicyclic) bond motifs is 1. The van der Waals surface area contributed by atoms with E-state index in [4.69, 9.17) is 4.42 Å². The lowest BCUT2D eigenvalue weighted by molar-refractivity contribution is -0.306. The van der Waals surface area contributed by atoms with Crippen molar-refractivity contribution in [3.05, 3.63) is 24.2 Å². The van der Waals surface area contributed by atoms with E-state index in [2.05, 4.69) is 6.92 Å². The maximum atomic E-state index is 12.7. The van der Waals surface area contributed by atoms with Gasteiger partial charge in [0.25, 0.3) is 0 Å². The predicted octanol–water partition coefficient (Wildman–Crippen LogP) is 0.882. The van der Waals surface area contributed by atoms with Crippen LogP contribution >= 0.6 is 0 Å². The predicted molar refractivity (Wildman–Crippen MR) is 72.9 cm³/mol. The minimum atomic E-state index is -1.31. The number of carboxylic acids is 1. The Bertz CT molecular complexity index is 594. The Morgan fingerprint density at radius 2 is 2.09 bits per heavy atom. The van der Waals surface area contributed by atoms with Crippen molar-refractivity contribution >= 4 is 17.8 Å². The van der Waals surface area contributed by atoms with Gasteiger partial charge >= 0.3 is 0 Å². The van der Waals surface area contributed by atoms with Gasteiger partial charge in [-0.2, -0.15) is 0 Å². The number of likely N-dealkylation sites (tertiary alicyclic amines) is 1. The quantitative estimate of drug-likeness (QED) is 0.770. The number of imide groups is 1. The van der Waals surface area contributed by atoms with Gasteiger partial charge in [0.05, 0.1) is 18.1 Å². The first-order valence-electron chi connectivity index (χ1n) is 7.59. The Labute approximate surface area is 128 Å². The van der Waals surface area contributed by atoms with Crippen molar-refractivity contribution in [2.24, 2.45) is 17.8 Å². The number of carbonyl (C=O) groups is 3. The Kier molecular flexibility index (Phi) is 3.76. The smallest absolute Gasteiger partial charge is 0.233 e. The first kappa shape index (κ1) is 14.8. The average molecular weight is 304 g/mol. The summed E-state index contributed by atoms with van der Waals surface area (Å²) in [6.07, 6.45) is 3.24. The molecule has 6 nitrogen and oxygen atoms in total. The van der Waals surface area contributed by atoms with Crippen LogP contribution in [0, 0.1) is 17.8 Å². The molecule has 1 aliphatic carbocycles. The van der Waals surface area contributed by atoms with E-state index in [-0.39, 0.29) is 23.7 Å². The molecule has 6 heteroatoms. The molecule has 2 aliphatic rings. The Morgan fingerprint density at radius 1 is 1.36 bits per heavy atom. The Morgan fingerprint density at radius 3 is 2.73 bits per heavy atom. The van der Waals surface area contributed by atoms with E-state index in [1.165, 1.54) is 6.26 Å². The van der Waals surface area contributed by atoms with E-state index >= 15 is 0 Å². The summed E-state index contributed by atoms with van der Waals surface area (Å²) in [6.45, 7) is 2.07. The topological polar surface area (TPSA) is 90.7 Å². The number of rotatable bonds is 4. The molecule has 22 heavy (non-hydrogen) atoms. The van der Waals surface area contributed by atoms with Crippen molar-refractivity contribution < 1.29 is 23.9 Å². The minimum absolute atomic E-state index is 0.274. The highest BCUT2D eigenvalue weighted by Gasteiger charge is 2.52. The standard InChI is InChI=1S/C16H19NO5/c1-9-4-5-10-11(7-9)16(21)17(15(10)20)12(8-14(18)19)13-3-2-6-22-13/h2-3,6,9-12H,4-5,7-8H2,1H3,(H,18,19)/p-1/t9-,10+,11-,12+/m1/s1. The van der Waals surface area contributed by atoms with Gasteiger partial charge in [0.1, 0.15) is 11.8 Å². The minimum Gasteiger partial charge on any atom is -0.550 e. The summed E-state index contributed by atoms with van der Waals surface area (Å²) in [5, 5.41) is 11.0. The zero-order valence-corrected chi connectivity index (χ0v) is 12.4. The number of hydrogen-bond donors (Lipinski definition) is 0. The zero-order valence-electron chi connectivity index (χ0n) is 12.4. The summed E-state index contributed by atoms with van der Waals surface area (Å²) < 4.78 is 5.24. The van der Waals surface area contributed by atoms with Crippen LogP contribution in [0.4, 0.5) is 0 Å². The van der Waals surface area contributed by atoms with Gasteiger partial charge in [-0.05, 0) is 37.3 Å². The monoisotopic (exact) mass is 304 g/mol. The second kappa shape index (κ2) is 5.59. The lowest BCUT2D eigenvalue weighted by Crippen LogP contribution is -2.38. The first-order valence-corrected chi connectivity index (χ1v) is 7.59. The number of carboxylic acid groups (broad SMARTS) is 1. The molecule has 1 aliphatic heterocycles. The normalized spacial score (nSPS) is 29.5. The van der Waals surface area contributed by atoms with Crippen LogP contribution in [0.2, 0.25) is 0 Å². The Balaban J connectivity index is 1.92. The third kappa shape index (κ3) is 2.42. The van der Waals surface area contributed by atoms with E-state index in [0.29, 0.717) is 24.5 Å². The summed E-state index contributed by atoms with van der Waals surface area (Å²) in [6, 6.07) is 2.28. The lowest BCUT2D eigenvalue weighted by Gasteiger charge is -2.25. The lowest BCUT2D eigenvalue weighted by atomic mass is 9.76. The highest BCUT2D eigenvalue weighted by Crippen LogP contribution is 2.43. The molecule has 1 saturated carbocycles. The van der Waals surface area contributed by atoms with E-state index in [9.17, 15) is 19.5 Å². The molecule has 0 unspecified atom stereocenters. The van der Waals surface area contributed by atoms with Gasteiger partial charge < -0.3 is 14.3 Å². The molecule has 0 N–H and O–H groups in total. The molecule has 2 amide bonds. The molecule has 0 aromatic carbocycles. The van der Waals surface area contributed by atoms with Crippen LogP contribution in [-0.4, -0.2) is 22.7 Å². The maximum Gasteiger partial charge on any atom is 0.233 e. The molecule has 0 bridgehead atoms. The fourth-order valence-corrected chi connectivity index (χ4v) is 3.68. The number of furan rings is 1. The summed E-state index contributed by atoms with van der Waals surface area (Å²) in [7, 11) is 0. The van der Waals surface area contributed by atoms with Crippen LogP contribution in [0.1, 0.15) is 44.4 Å². The summed E-state index contributed by atoms with van der Waals surface area (Å²) >= 11 is 0. The molecule has 1 saturated heterocycles. The summed E-state index contributed by atoms with van der Waals surface area (Å²) in [5.41, 5.74) is 0. The van der Waals surface area contributed by atoms with Crippen LogP contribution in [0.15, 0.2) is 22.8 Å². The van der Waals surface area contributed by atoms with Crippen LogP contribution in [-0.2, 0) is 14.4 Å². The molecule has 1 aromatic heterocycles. The molecule has 2 heterocycles. The second-order valence-corrected chi connectivity index (χ2v) is 6.29. The molecule has 2 fully saturated rings. The van der Waals surface area contributed by atoms with Crippen molar-refractivity contribution in [3.8, 4) is 0 Å². The number of hydrogen-bond acceptors (Lipinski definition) is 5. The maximum absolute atomic E-state index is 12.7. The van der Waals surface area contributed by atoms with Crippen LogP contribution < -0.4 is 5.11 Å². The molecule has 0 spiro atoms. The van der Waals surface area contributed by atoms with Crippen molar-refractivity contribution in [2.75, 3.05) is 0 Å². The number of nitrogens with zero attached hydrogens (tertiary/aromatic N) is 1. The highest BCUT2D eigenvalue weighted by atomic mass is 16.4. The van der Waals surface area contributed by atoms with Crippen LogP contribution in [0.25, 0.3) is 0 Å². The van der Waals surface area contributed by atoms with Gasteiger partial charge in [0.2, 0.25) is 11.8 Å². The van der Waals surface area contributed by atoms with Gasteiger partial charge in [-0.25, -0.2) is 0 Å². The molecule has 4 atom stereocenters. The molecule has 1 aromatic rings. The van der Waals surface area contributed by atoms with Crippen LogP contribution in [0.3, 0.4) is 0 Å². The molecular weight excluding hydrogens is 286 g/mol. The van der Waals surface area contributed by atoms with Gasteiger partial charge in [-0.3, -0.25) is 14.5 Å². The largest absolute Gasteiger partial charge is 0.550 e. The molecular formula is C16H18NO5-. The average Bonchev–Trinajstić information content (AvgIpc) is 3.06. The number of aliphatic carboxylic acids is 1. The van der Waals surface area contributed by atoms with Crippen LogP contribution in [0.5, 0.6) is 0 Å². The number of amides is 2. The van der Waals surface area contributed by atoms with Crippen molar-refractivity contribution in [1.29, 1.82) is 0 Å². The van der Waals surface area contributed by atoms with E-state index < -0.39 is 18.4 Å². The third-order valence-corrected chi connectivity index (χ3v) is 4.77.